The zero-order valence-electron chi connectivity index (χ0n) is 12.9. The summed E-state index contributed by atoms with van der Waals surface area (Å²) in [5, 5.41) is 1.66. The maximum Gasteiger partial charge on any atom is 0.274 e. The maximum atomic E-state index is 13.2. The van der Waals surface area contributed by atoms with Crippen LogP contribution < -0.4 is 4.31 Å². The van der Waals surface area contributed by atoms with Crippen molar-refractivity contribution in [3.05, 3.63) is 47.6 Å². The minimum Gasteiger partial charge on any atom is -0.341 e. The maximum absolute atomic E-state index is 13.2. The number of hydrogen-bond acceptors (Lipinski definition) is 4. The predicted octanol–water partition coefficient (Wildman–Crippen LogP) is 2.70. The van der Waals surface area contributed by atoms with Gasteiger partial charge in [-0.25, -0.2) is 12.8 Å². The molecule has 0 radical (unpaired) electrons. The number of carbonyl (C=O) groups is 1. The number of carbonyl (C=O) groups excluding carboxylic acids is 1. The molecule has 0 aliphatic carbocycles. The molecular weight excluding hydrogens is 351 g/mol. The Morgan fingerprint density at radius 1 is 1.17 bits per heavy atom. The van der Waals surface area contributed by atoms with Gasteiger partial charge in [0.15, 0.2) is 0 Å². The highest BCUT2D eigenvalue weighted by Gasteiger charge is 2.30. The van der Waals surface area contributed by atoms with Crippen molar-refractivity contribution in [3.8, 4) is 0 Å². The highest BCUT2D eigenvalue weighted by Crippen LogP contribution is 2.27. The van der Waals surface area contributed by atoms with E-state index < -0.39 is 15.8 Å². The molecule has 1 amide bonds. The van der Waals surface area contributed by atoms with E-state index in [2.05, 4.69) is 0 Å². The highest BCUT2D eigenvalue weighted by atomic mass is 32.2. The van der Waals surface area contributed by atoms with Gasteiger partial charge >= 0.3 is 0 Å². The fraction of sp³-hybridized carbons (Fsp3) is 0.312. The first kappa shape index (κ1) is 16.9. The first-order chi connectivity index (χ1) is 11.5. The second-order valence-corrected chi connectivity index (χ2v) is 8.54. The monoisotopic (exact) mass is 368 g/mol. The SMILES string of the molecule is O=C(CN(c1ccc(F)cc1)S(=O)(=O)c1cccs1)N1CCCC1. The Morgan fingerprint density at radius 3 is 2.42 bits per heavy atom. The zero-order chi connectivity index (χ0) is 17.2. The molecule has 0 N–H and O–H groups in total. The van der Waals surface area contributed by atoms with E-state index in [-0.39, 0.29) is 22.3 Å². The van der Waals surface area contributed by atoms with Gasteiger partial charge in [-0.1, -0.05) is 6.07 Å². The van der Waals surface area contributed by atoms with Crippen LogP contribution in [0.15, 0.2) is 46.0 Å². The molecule has 1 aliphatic rings. The topological polar surface area (TPSA) is 57.7 Å². The van der Waals surface area contributed by atoms with E-state index in [1.54, 1.807) is 16.3 Å². The molecule has 0 bridgehead atoms. The van der Waals surface area contributed by atoms with Gasteiger partial charge in [-0.3, -0.25) is 9.10 Å². The van der Waals surface area contributed by atoms with E-state index in [0.717, 1.165) is 28.5 Å². The number of hydrogen-bond donors (Lipinski definition) is 0. The van der Waals surface area contributed by atoms with E-state index in [1.807, 2.05) is 0 Å². The summed E-state index contributed by atoms with van der Waals surface area (Å²) >= 11 is 1.09. The number of amides is 1. The summed E-state index contributed by atoms with van der Waals surface area (Å²) in [6, 6.07) is 8.26. The van der Waals surface area contributed by atoms with Crippen molar-refractivity contribution in [1.82, 2.24) is 4.90 Å². The van der Waals surface area contributed by atoms with Crippen LogP contribution in [-0.2, 0) is 14.8 Å². The van der Waals surface area contributed by atoms with Gasteiger partial charge in [0, 0.05) is 13.1 Å². The Morgan fingerprint density at radius 2 is 1.83 bits per heavy atom. The van der Waals surface area contributed by atoms with E-state index in [4.69, 9.17) is 0 Å². The second kappa shape index (κ2) is 6.90. The summed E-state index contributed by atoms with van der Waals surface area (Å²) in [6.07, 6.45) is 1.86. The third-order valence-electron chi connectivity index (χ3n) is 3.89. The normalized spacial score (nSPS) is 14.8. The van der Waals surface area contributed by atoms with Crippen molar-refractivity contribution >= 4 is 33.0 Å². The first-order valence-corrected chi connectivity index (χ1v) is 9.90. The van der Waals surface area contributed by atoms with Gasteiger partial charge in [0.05, 0.1) is 5.69 Å². The van der Waals surface area contributed by atoms with Gasteiger partial charge in [-0.15, -0.1) is 11.3 Å². The summed E-state index contributed by atoms with van der Waals surface area (Å²) in [4.78, 5) is 14.1. The fourth-order valence-corrected chi connectivity index (χ4v) is 5.15. The van der Waals surface area contributed by atoms with Crippen LogP contribution in [0.25, 0.3) is 0 Å². The van der Waals surface area contributed by atoms with Crippen LogP contribution in [0.1, 0.15) is 12.8 Å². The molecule has 1 aromatic heterocycles. The number of sulfonamides is 1. The van der Waals surface area contributed by atoms with E-state index in [0.29, 0.717) is 13.1 Å². The second-order valence-electron chi connectivity index (χ2n) is 5.51. The van der Waals surface area contributed by atoms with E-state index in [1.165, 1.54) is 30.3 Å². The molecule has 0 atom stereocenters. The Kier molecular flexibility index (Phi) is 4.86. The Labute approximate surface area is 144 Å². The lowest BCUT2D eigenvalue weighted by Gasteiger charge is -2.25. The fourth-order valence-electron chi connectivity index (χ4n) is 2.63. The molecule has 128 valence electrons. The average molecular weight is 368 g/mol. The number of nitrogens with zero attached hydrogens (tertiary/aromatic N) is 2. The molecule has 0 unspecified atom stereocenters. The molecule has 1 aromatic carbocycles. The van der Waals surface area contributed by atoms with Crippen LogP contribution >= 0.6 is 11.3 Å². The average Bonchev–Trinajstić information content (AvgIpc) is 3.26. The molecule has 3 rings (SSSR count). The number of halogens is 1. The first-order valence-electron chi connectivity index (χ1n) is 7.58. The molecule has 24 heavy (non-hydrogen) atoms. The van der Waals surface area contributed by atoms with Crippen molar-refractivity contribution < 1.29 is 17.6 Å². The lowest BCUT2D eigenvalue weighted by molar-refractivity contribution is -0.128. The zero-order valence-corrected chi connectivity index (χ0v) is 14.5. The predicted molar refractivity (Wildman–Crippen MR) is 91.1 cm³/mol. The van der Waals surface area contributed by atoms with Crippen LogP contribution in [0.3, 0.4) is 0 Å². The van der Waals surface area contributed by atoms with Crippen molar-refractivity contribution in [2.75, 3.05) is 23.9 Å². The van der Waals surface area contributed by atoms with Gasteiger partial charge in [-0.05, 0) is 48.6 Å². The molecule has 1 aliphatic heterocycles. The van der Waals surface area contributed by atoms with Crippen LogP contribution in [0.5, 0.6) is 0 Å². The number of anilines is 1. The standard InChI is InChI=1S/C16H17FN2O3S2/c17-13-5-7-14(8-6-13)19(12-15(20)18-9-1-2-10-18)24(21,22)16-4-3-11-23-16/h3-8,11H,1-2,9-10,12H2. The van der Waals surface area contributed by atoms with Crippen LogP contribution in [-0.4, -0.2) is 38.9 Å². The molecule has 2 aromatic rings. The van der Waals surface area contributed by atoms with E-state index >= 15 is 0 Å². The van der Waals surface area contributed by atoms with Crippen molar-refractivity contribution in [1.29, 1.82) is 0 Å². The van der Waals surface area contributed by atoms with Crippen molar-refractivity contribution in [3.63, 3.8) is 0 Å². The third kappa shape index (κ3) is 3.44. The molecule has 2 heterocycles. The molecular formula is C16H17FN2O3S2. The van der Waals surface area contributed by atoms with Crippen LogP contribution in [0.4, 0.5) is 10.1 Å². The minimum absolute atomic E-state index is 0.154. The van der Waals surface area contributed by atoms with Crippen molar-refractivity contribution in [2.24, 2.45) is 0 Å². The summed E-state index contributed by atoms with van der Waals surface area (Å²) in [5.74, 6) is -0.699. The quantitative estimate of drug-likeness (QED) is 0.815. The summed E-state index contributed by atoms with van der Waals surface area (Å²) < 4.78 is 40.2. The van der Waals surface area contributed by atoms with Gasteiger partial charge in [0.1, 0.15) is 16.6 Å². The number of benzene rings is 1. The number of likely N-dealkylation sites (tertiary alicyclic amines) is 1. The Hall–Kier alpha value is -1.93. The van der Waals surface area contributed by atoms with Gasteiger partial charge in [0.2, 0.25) is 5.91 Å². The highest BCUT2D eigenvalue weighted by molar-refractivity contribution is 7.94. The lowest BCUT2D eigenvalue weighted by Crippen LogP contribution is -2.41. The molecule has 1 fully saturated rings. The smallest absolute Gasteiger partial charge is 0.274 e. The van der Waals surface area contributed by atoms with Crippen molar-refractivity contribution in [2.45, 2.75) is 17.1 Å². The molecule has 5 nitrogen and oxygen atoms in total. The number of rotatable bonds is 5. The van der Waals surface area contributed by atoms with Gasteiger partial charge in [-0.2, -0.15) is 0 Å². The van der Waals surface area contributed by atoms with Gasteiger partial charge < -0.3 is 4.90 Å². The molecule has 0 saturated carbocycles. The molecule has 8 heteroatoms. The van der Waals surface area contributed by atoms with Crippen LogP contribution in [0, 0.1) is 5.82 Å². The Bertz CT molecular complexity index is 798. The largest absolute Gasteiger partial charge is 0.341 e. The van der Waals surface area contributed by atoms with Gasteiger partial charge in [0.25, 0.3) is 10.0 Å². The summed E-state index contributed by atoms with van der Waals surface area (Å²) in [5.41, 5.74) is 0.275. The van der Waals surface area contributed by atoms with E-state index in [9.17, 15) is 17.6 Å². The lowest BCUT2D eigenvalue weighted by atomic mass is 10.3. The Balaban J connectivity index is 1.94. The molecule has 0 spiro atoms. The summed E-state index contributed by atoms with van der Waals surface area (Å²) in [7, 11) is -3.87. The summed E-state index contributed by atoms with van der Waals surface area (Å²) in [6.45, 7) is 1.01. The minimum atomic E-state index is -3.87. The molecule has 1 saturated heterocycles. The number of thiophene rings is 1. The third-order valence-corrected chi connectivity index (χ3v) is 7.04. The van der Waals surface area contributed by atoms with Crippen LogP contribution in [0.2, 0.25) is 0 Å².